The lowest BCUT2D eigenvalue weighted by molar-refractivity contribution is 0.206. The number of benzene rings is 2. The Bertz CT molecular complexity index is 1280. The number of nitrogens with zero attached hydrogens (tertiary/aromatic N) is 4. The van der Waals surface area contributed by atoms with Gasteiger partial charge < -0.3 is 15.0 Å². The molecule has 1 N–H and O–H groups in total. The normalized spacial score (nSPS) is 13.3. The van der Waals surface area contributed by atoms with Gasteiger partial charge in [0.2, 0.25) is 4.96 Å². The lowest BCUT2D eigenvalue weighted by Gasteiger charge is -2.26. The molecule has 0 fully saturated rings. The number of aromatic nitrogens is 3. The molecule has 0 aliphatic carbocycles. The summed E-state index contributed by atoms with van der Waals surface area (Å²) in [6.45, 7) is 3.09. The van der Waals surface area contributed by atoms with E-state index in [-0.39, 0.29) is 6.03 Å². The van der Waals surface area contributed by atoms with Crippen molar-refractivity contribution in [1.29, 1.82) is 0 Å². The number of carbonyl (C=O) groups is 1. The van der Waals surface area contributed by atoms with Gasteiger partial charge in [-0.3, -0.25) is 0 Å². The average Bonchev–Trinajstić information content (AvgIpc) is 3.33. The van der Waals surface area contributed by atoms with Crippen LogP contribution in [0, 0.1) is 6.92 Å². The molecule has 3 heterocycles. The minimum absolute atomic E-state index is 0.158. The molecule has 0 spiro atoms. The molecule has 5 rings (SSSR count). The topological polar surface area (TPSA) is 71.8 Å². The highest BCUT2D eigenvalue weighted by atomic mass is 35.5. The van der Waals surface area contributed by atoms with Crippen LogP contribution in [0.25, 0.3) is 16.3 Å². The van der Waals surface area contributed by atoms with Gasteiger partial charge in [-0.15, -0.1) is 5.10 Å². The maximum atomic E-state index is 12.8. The van der Waals surface area contributed by atoms with Gasteiger partial charge in [0.1, 0.15) is 5.75 Å². The summed E-state index contributed by atoms with van der Waals surface area (Å²) in [5.41, 5.74) is 3.73. The molecule has 1 aliphatic heterocycles. The highest BCUT2D eigenvalue weighted by Gasteiger charge is 2.26. The van der Waals surface area contributed by atoms with Crippen molar-refractivity contribution in [3.63, 3.8) is 0 Å². The minimum Gasteiger partial charge on any atom is -0.497 e. The first kappa shape index (κ1) is 19.8. The number of halogens is 1. The molecule has 9 heteroatoms. The van der Waals surface area contributed by atoms with Crippen LogP contribution in [-0.2, 0) is 13.0 Å². The first-order valence-electron chi connectivity index (χ1n) is 9.85. The van der Waals surface area contributed by atoms with E-state index in [0.717, 1.165) is 38.8 Å². The molecule has 7 nitrogen and oxygen atoms in total. The molecular formula is C22H20ClN5O2S. The van der Waals surface area contributed by atoms with E-state index in [1.54, 1.807) is 23.3 Å². The molecule has 2 aromatic carbocycles. The van der Waals surface area contributed by atoms with Crippen LogP contribution in [0.1, 0.15) is 16.1 Å². The zero-order valence-electron chi connectivity index (χ0n) is 17.1. The van der Waals surface area contributed by atoms with E-state index in [1.807, 2.05) is 53.9 Å². The van der Waals surface area contributed by atoms with E-state index in [9.17, 15) is 4.79 Å². The Morgan fingerprint density at radius 1 is 1.23 bits per heavy atom. The van der Waals surface area contributed by atoms with E-state index in [2.05, 4.69) is 5.32 Å². The van der Waals surface area contributed by atoms with Crippen LogP contribution < -0.4 is 10.1 Å². The fourth-order valence-electron chi connectivity index (χ4n) is 3.64. The second-order valence-electron chi connectivity index (χ2n) is 7.42. The number of rotatable bonds is 3. The first-order chi connectivity index (χ1) is 15.0. The third kappa shape index (κ3) is 3.73. The molecule has 158 valence electrons. The zero-order valence-corrected chi connectivity index (χ0v) is 18.6. The van der Waals surface area contributed by atoms with E-state index in [4.69, 9.17) is 26.4 Å². The molecule has 4 aromatic rings. The fourth-order valence-corrected chi connectivity index (χ4v) is 5.04. The van der Waals surface area contributed by atoms with E-state index in [0.29, 0.717) is 29.6 Å². The Morgan fingerprint density at radius 3 is 2.77 bits per heavy atom. The monoisotopic (exact) mass is 453 g/mol. The van der Waals surface area contributed by atoms with Crippen molar-refractivity contribution in [2.24, 2.45) is 0 Å². The molecule has 31 heavy (non-hydrogen) atoms. The number of hydrogen-bond donors (Lipinski definition) is 1. The number of hydrogen-bond acceptors (Lipinski definition) is 5. The van der Waals surface area contributed by atoms with Crippen LogP contribution in [0.2, 0.25) is 5.02 Å². The molecule has 0 saturated heterocycles. The van der Waals surface area contributed by atoms with Crippen molar-refractivity contribution in [2.75, 3.05) is 19.0 Å². The van der Waals surface area contributed by atoms with E-state index in [1.165, 1.54) is 0 Å². The molecule has 2 aromatic heterocycles. The number of nitrogens with one attached hydrogen (secondary N) is 1. The standard InChI is InChI=1S/C22H20ClN5O2S/c1-13-3-8-17(16(23)11-13)24-21(29)27-10-9-18-19(12-27)31-22-25-20(26-28(18)22)14-4-6-15(30-2)7-5-14/h3-8,11H,9-10,12H2,1-2H3,(H,24,29). The number of urea groups is 1. The summed E-state index contributed by atoms with van der Waals surface area (Å²) in [7, 11) is 1.64. The van der Waals surface area contributed by atoms with Crippen LogP contribution in [0.4, 0.5) is 10.5 Å². The van der Waals surface area contributed by atoms with E-state index < -0.39 is 0 Å². The number of anilines is 1. The number of amides is 2. The van der Waals surface area contributed by atoms with Gasteiger partial charge in [0.05, 0.1) is 30.1 Å². The molecule has 0 atom stereocenters. The SMILES string of the molecule is COc1ccc(-c2nc3sc4c(n3n2)CCN(C(=O)Nc2ccc(C)cc2Cl)C4)cc1. The maximum absolute atomic E-state index is 12.8. The largest absolute Gasteiger partial charge is 0.497 e. The van der Waals surface area contributed by atoms with Crippen molar-refractivity contribution in [2.45, 2.75) is 19.9 Å². The molecule has 0 bridgehead atoms. The highest BCUT2D eigenvalue weighted by Crippen LogP contribution is 2.31. The Balaban J connectivity index is 1.34. The second-order valence-corrected chi connectivity index (χ2v) is 8.88. The van der Waals surface area contributed by atoms with Gasteiger partial charge in [0.25, 0.3) is 0 Å². The van der Waals surface area contributed by atoms with Crippen molar-refractivity contribution in [3.8, 4) is 17.1 Å². The third-order valence-corrected chi connectivity index (χ3v) is 6.69. The van der Waals surface area contributed by atoms with E-state index >= 15 is 0 Å². The Labute approximate surface area is 188 Å². The van der Waals surface area contributed by atoms with Crippen molar-refractivity contribution in [3.05, 3.63) is 63.6 Å². The molecule has 0 unspecified atom stereocenters. The Hall–Kier alpha value is -3.10. The number of thiazole rings is 1. The van der Waals surface area contributed by atoms with Gasteiger partial charge in [-0.2, -0.15) is 4.98 Å². The summed E-state index contributed by atoms with van der Waals surface area (Å²) in [4.78, 5) is 21.2. The summed E-state index contributed by atoms with van der Waals surface area (Å²) < 4.78 is 7.12. The van der Waals surface area contributed by atoms with Crippen LogP contribution in [0.5, 0.6) is 5.75 Å². The number of aryl methyl sites for hydroxylation is 1. The molecule has 0 saturated carbocycles. The summed E-state index contributed by atoms with van der Waals surface area (Å²) in [6.07, 6.45) is 0.718. The number of methoxy groups -OCH3 is 1. The highest BCUT2D eigenvalue weighted by molar-refractivity contribution is 7.17. The molecular weight excluding hydrogens is 434 g/mol. The molecule has 1 aliphatic rings. The lowest BCUT2D eigenvalue weighted by Crippen LogP contribution is -2.38. The first-order valence-corrected chi connectivity index (χ1v) is 11.0. The summed E-state index contributed by atoms with van der Waals surface area (Å²) >= 11 is 7.83. The van der Waals surface area contributed by atoms with Gasteiger partial charge in [0, 0.05) is 23.4 Å². The summed E-state index contributed by atoms with van der Waals surface area (Å²) in [5.74, 6) is 1.48. The number of fused-ring (bicyclic) bond motifs is 3. The van der Waals surface area contributed by atoms with Crippen molar-refractivity contribution < 1.29 is 9.53 Å². The van der Waals surface area contributed by atoms with Gasteiger partial charge in [-0.25, -0.2) is 9.31 Å². The molecule has 2 amide bonds. The minimum atomic E-state index is -0.158. The second kappa shape index (κ2) is 7.86. The lowest BCUT2D eigenvalue weighted by atomic mass is 10.2. The average molecular weight is 454 g/mol. The van der Waals surface area contributed by atoms with Crippen molar-refractivity contribution >= 4 is 39.6 Å². The summed E-state index contributed by atoms with van der Waals surface area (Å²) in [6, 6.07) is 13.1. The number of ether oxygens (including phenoxy) is 1. The smallest absolute Gasteiger partial charge is 0.322 e. The Kier molecular flexibility index (Phi) is 5.03. The quantitative estimate of drug-likeness (QED) is 0.473. The fraction of sp³-hybridized carbons (Fsp3) is 0.227. The van der Waals surface area contributed by atoms with Crippen LogP contribution in [0.3, 0.4) is 0 Å². The summed E-state index contributed by atoms with van der Waals surface area (Å²) in [5, 5.41) is 8.16. The third-order valence-electron chi connectivity index (χ3n) is 5.32. The maximum Gasteiger partial charge on any atom is 0.322 e. The van der Waals surface area contributed by atoms with Gasteiger partial charge in [0.15, 0.2) is 5.82 Å². The predicted molar refractivity (Wildman–Crippen MR) is 122 cm³/mol. The van der Waals surface area contributed by atoms with Gasteiger partial charge >= 0.3 is 6.03 Å². The van der Waals surface area contributed by atoms with Crippen LogP contribution >= 0.6 is 22.9 Å². The van der Waals surface area contributed by atoms with Crippen LogP contribution in [-0.4, -0.2) is 39.2 Å². The van der Waals surface area contributed by atoms with Crippen molar-refractivity contribution in [1.82, 2.24) is 19.5 Å². The number of carbonyl (C=O) groups excluding carboxylic acids is 1. The Morgan fingerprint density at radius 2 is 2.03 bits per heavy atom. The van der Waals surface area contributed by atoms with Gasteiger partial charge in [-0.1, -0.05) is 29.0 Å². The zero-order chi connectivity index (χ0) is 21.5. The van der Waals surface area contributed by atoms with Crippen LogP contribution in [0.15, 0.2) is 42.5 Å². The predicted octanol–water partition coefficient (Wildman–Crippen LogP) is 5.02. The van der Waals surface area contributed by atoms with Gasteiger partial charge in [-0.05, 0) is 48.9 Å². The molecule has 0 radical (unpaired) electrons.